The first kappa shape index (κ1) is 30.7. The van der Waals surface area contributed by atoms with Crippen LogP contribution in [0.25, 0.3) is 0 Å². The predicted octanol–water partition coefficient (Wildman–Crippen LogP) is 5.83. The second-order valence-corrected chi connectivity index (χ2v) is 9.71. The highest BCUT2D eigenvalue weighted by atomic mass is 35.5. The molecule has 0 saturated carbocycles. The van der Waals surface area contributed by atoms with E-state index >= 15 is 0 Å². The van der Waals surface area contributed by atoms with Crippen molar-refractivity contribution >= 4 is 29.1 Å². The van der Waals surface area contributed by atoms with E-state index in [2.05, 4.69) is 10.2 Å². The van der Waals surface area contributed by atoms with Gasteiger partial charge in [-0.2, -0.15) is 17.8 Å². The summed E-state index contributed by atoms with van der Waals surface area (Å²) in [4.78, 5) is 22.0. The third kappa shape index (κ3) is 7.74. The largest absolute Gasteiger partial charge is 0.487 e. The summed E-state index contributed by atoms with van der Waals surface area (Å²) in [5.41, 5.74) is -1.38. The van der Waals surface area contributed by atoms with Crippen LogP contribution >= 0.6 is 23.4 Å². The Morgan fingerprint density at radius 3 is 2.29 bits per heavy atom. The van der Waals surface area contributed by atoms with Crippen molar-refractivity contribution in [3.63, 3.8) is 0 Å². The van der Waals surface area contributed by atoms with Crippen LogP contribution in [-0.2, 0) is 11.6 Å². The molecule has 2 aromatic carbocycles. The van der Waals surface area contributed by atoms with E-state index in [0.29, 0.717) is 10.9 Å². The minimum Gasteiger partial charge on any atom is -0.487 e. The van der Waals surface area contributed by atoms with Gasteiger partial charge in [-0.1, -0.05) is 44.1 Å². The highest BCUT2D eigenvalue weighted by molar-refractivity contribution is 7.98. The van der Waals surface area contributed by atoms with E-state index in [1.165, 1.54) is 30.0 Å². The smallest absolute Gasteiger partial charge is 0.416 e. The highest BCUT2D eigenvalue weighted by Crippen LogP contribution is 2.38. The lowest BCUT2D eigenvalue weighted by Crippen LogP contribution is -2.37. The molecule has 0 aliphatic rings. The molecule has 15 heteroatoms. The normalized spacial score (nSPS) is 11.4. The molecular formula is C23H25ClF3N5O5S. The quantitative estimate of drug-likeness (QED) is 0.167. The molecule has 206 valence electrons. The van der Waals surface area contributed by atoms with Crippen LogP contribution in [-0.4, -0.2) is 32.7 Å². The zero-order chi connectivity index (χ0) is 28.8. The molecule has 0 saturated heterocycles. The minimum absolute atomic E-state index is 0.0111. The molecule has 0 amide bonds. The van der Waals surface area contributed by atoms with Crippen molar-refractivity contribution in [2.24, 2.45) is 0 Å². The summed E-state index contributed by atoms with van der Waals surface area (Å²) in [6.45, 7) is 7.56. The third-order valence-corrected chi connectivity index (χ3v) is 5.61. The second-order valence-electron chi connectivity index (χ2n) is 8.53. The topological polar surface area (TPSA) is 135 Å². The number of halogens is 4. The van der Waals surface area contributed by atoms with Crippen LogP contribution in [0.5, 0.6) is 17.2 Å². The number of aromatic nitrogens is 3. The fraction of sp³-hybridized carbons (Fsp3) is 0.348. The number of hydrogen-bond acceptors (Lipinski definition) is 9. The molecule has 0 atom stereocenters. The Hall–Kier alpha value is -3.52. The van der Waals surface area contributed by atoms with Crippen molar-refractivity contribution < 1.29 is 27.6 Å². The predicted molar refractivity (Wildman–Crippen MR) is 138 cm³/mol. The van der Waals surface area contributed by atoms with Crippen LogP contribution in [0, 0.1) is 10.1 Å². The maximum absolute atomic E-state index is 12.6. The molecule has 0 fully saturated rings. The number of hydrogen-bond donors (Lipinski definition) is 1. The Morgan fingerprint density at radius 1 is 1.13 bits per heavy atom. The van der Waals surface area contributed by atoms with Gasteiger partial charge >= 0.3 is 11.9 Å². The first-order chi connectivity index (χ1) is 17.6. The fourth-order valence-electron chi connectivity index (χ4n) is 2.86. The Kier molecular flexibility index (Phi) is 9.98. The summed E-state index contributed by atoms with van der Waals surface area (Å²) in [7, 11) is 0. The number of benzene rings is 2. The molecule has 1 aromatic heterocycles. The summed E-state index contributed by atoms with van der Waals surface area (Å²) in [6.07, 6.45) is -2.72. The van der Waals surface area contributed by atoms with Crippen molar-refractivity contribution in [2.45, 2.75) is 44.4 Å². The van der Waals surface area contributed by atoms with Gasteiger partial charge in [-0.15, -0.1) is 10.2 Å². The second kappa shape index (κ2) is 12.3. The molecule has 0 spiro atoms. The van der Waals surface area contributed by atoms with Crippen LogP contribution in [0.1, 0.15) is 39.0 Å². The minimum atomic E-state index is -4.52. The van der Waals surface area contributed by atoms with Gasteiger partial charge < -0.3 is 15.3 Å². The summed E-state index contributed by atoms with van der Waals surface area (Å²) >= 11 is 7.10. The van der Waals surface area contributed by atoms with Crippen molar-refractivity contribution in [3.8, 4) is 17.2 Å². The van der Waals surface area contributed by atoms with Crippen LogP contribution in [0.2, 0.25) is 5.02 Å². The van der Waals surface area contributed by atoms with Gasteiger partial charge in [0.15, 0.2) is 0 Å². The molecule has 10 nitrogen and oxygen atoms in total. The molecule has 0 aliphatic heterocycles. The van der Waals surface area contributed by atoms with E-state index in [1.807, 2.05) is 20.8 Å². The van der Waals surface area contributed by atoms with Crippen molar-refractivity contribution in [3.05, 3.63) is 73.1 Å². The maximum atomic E-state index is 12.6. The summed E-state index contributed by atoms with van der Waals surface area (Å²) in [5.74, 6) is 5.69. The van der Waals surface area contributed by atoms with Gasteiger partial charge in [0.05, 0.1) is 22.1 Å². The molecule has 1 heterocycles. The number of nitro benzene ring substituents is 1. The molecule has 3 aromatic rings. The van der Waals surface area contributed by atoms with E-state index in [0.717, 1.165) is 22.9 Å². The summed E-state index contributed by atoms with van der Waals surface area (Å²) in [5, 5.41) is 18.9. The van der Waals surface area contributed by atoms with Crippen LogP contribution in [0.3, 0.4) is 0 Å². The van der Waals surface area contributed by atoms with Crippen LogP contribution in [0.4, 0.5) is 18.9 Å². The molecule has 2 N–H and O–H groups in total. The van der Waals surface area contributed by atoms with Gasteiger partial charge in [0, 0.05) is 17.5 Å². The SMILES string of the molecule is CCOc1cc(Oc2ccc(C(F)(F)F)cc2Cl)ccc1[N+](=O)[O-].CSc1nnc(C(C)(C)C)c(=O)n1N. The fourth-order valence-corrected chi connectivity index (χ4v) is 3.48. The standard InChI is InChI=1S/C15H11ClF3NO4.C8H14N4OS/c1-2-23-14-8-10(4-5-12(14)20(21)22)24-13-6-3-9(7-11(13)16)15(17,18)19;1-8(2,3)5-6(13)12(9)7(14-4)11-10-5/h3-8H,2H2,1H3;9H2,1-4H3. The van der Waals surface area contributed by atoms with E-state index in [9.17, 15) is 28.1 Å². The number of nitrogen functional groups attached to an aromatic ring is 1. The van der Waals surface area contributed by atoms with Gasteiger partial charge in [-0.25, -0.2) is 0 Å². The zero-order valence-electron chi connectivity index (χ0n) is 21.0. The van der Waals surface area contributed by atoms with Crippen molar-refractivity contribution in [2.75, 3.05) is 18.7 Å². The Labute approximate surface area is 225 Å². The Balaban J connectivity index is 0.000000308. The number of nitro groups is 1. The number of thioether (sulfide) groups is 1. The number of rotatable bonds is 6. The maximum Gasteiger partial charge on any atom is 0.416 e. The number of nitrogens with zero attached hydrogens (tertiary/aromatic N) is 4. The molecular weight excluding hydrogens is 551 g/mol. The summed E-state index contributed by atoms with van der Waals surface area (Å²) in [6, 6.07) is 6.40. The molecule has 0 bridgehead atoms. The Morgan fingerprint density at radius 2 is 1.79 bits per heavy atom. The average Bonchev–Trinajstić information content (AvgIpc) is 2.81. The number of nitrogens with two attached hydrogens (primary N) is 1. The van der Waals surface area contributed by atoms with Crippen LogP contribution in [0.15, 0.2) is 46.3 Å². The zero-order valence-corrected chi connectivity index (χ0v) is 22.6. The molecule has 0 aliphatic carbocycles. The number of alkyl halides is 3. The van der Waals surface area contributed by atoms with E-state index < -0.39 is 16.7 Å². The molecule has 0 radical (unpaired) electrons. The lowest BCUT2D eigenvalue weighted by Gasteiger charge is -2.16. The van der Waals surface area contributed by atoms with Crippen molar-refractivity contribution in [1.82, 2.24) is 14.9 Å². The van der Waals surface area contributed by atoms with Gasteiger partial charge in [0.2, 0.25) is 10.9 Å². The van der Waals surface area contributed by atoms with Gasteiger partial charge in [0.1, 0.15) is 17.2 Å². The highest BCUT2D eigenvalue weighted by Gasteiger charge is 2.31. The van der Waals surface area contributed by atoms with Gasteiger partial charge in [0.25, 0.3) is 5.56 Å². The first-order valence-corrected chi connectivity index (χ1v) is 12.5. The lowest BCUT2D eigenvalue weighted by molar-refractivity contribution is -0.385. The average molecular weight is 576 g/mol. The first-order valence-electron chi connectivity index (χ1n) is 10.8. The third-order valence-electron chi connectivity index (χ3n) is 4.67. The van der Waals surface area contributed by atoms with E-state index in [4.69, 9.17) is 26.9 Å². The number of ether oxygens (including phenoxy) is 2. The van der Waals surface area contributed by atoms with E-state index in [-0.39, 0.29) is 45.5 Å². The van der Waals surface area contributed by atoms with Crippen molar-refractivity contribution in [1.29, 1.82) is 0 Å². The van der Waals surface area contributed by atoms with Crippen LogP contribution < -0.4 is 20.9 Å². The van der Waals surface area contributed by atoms with Gasteiger partial charge in [-0.05, 0) is 37.4 Å². The molecule has 0 unspecified atom stereocenters. The Bertz CT molecular complexity index is 1360. The monoisotopic (exact) mass is 575 g/mol. The molecule has 38 heavy (non-hydrogen) atoms. The van der Waals surface area contributed by atoms with Gasteiger partial charge in [-0.3, -0.25) is 14.9 Å². The molecule has 3 rings (SSSR count). The summed E-state index contributed by atoms with van der Waals surface area (Å²) < 4.78 is 49.4. The lowest BCUT2D eigenvalue weighted by atomic mass is 9.93. The van der Waals surface area contributed by atoms with E-state index in [1.54, 1.807) is 13.2 Å².